The van der Waals surface area contributed by atoms with Crippen molar-refractivity contribution in [2.75, 3.05) is 20.6 Å². The van der Waals surface area contributed by atoms with Crippen molar-refractivity contribution in [1.29, 1.82) is 0 Å². The lowest BCUT2D eigenvalue weighted by molar-refractivity contribution is -0.194. The van der Waals surface area contributed by atoms with Gasteiger partial charge in [0.05, 0.1) is 5.41 Å². The largest absolute Gasteiger partial charge is 0.508 e. The van der Waals surface area contributed by atoms with Gasteiger partial charge >= 0.3 is 6.18 Å². The zero-order valence-electron chi connectivity index (χ0n) is 18.0. The smallest absolute Gasteiger partial charge is 0.395 e. The maximum absolute atomic E-state index is 13.8. The van der Waals surface area contributed by atoms with Crippen molar-refractivity contribution in [2.45, 2.75) is 50.7 Å². The lowest BCUT2D eigenvalue weighted by atomic mass is 9.81. The highest BCUT2D eigenvalue weighted by Gasteiger charge is 2.67. The number of nitrogens with one attached hydrogen (secondary N) is 1. The molecule has 0 aliphatic heterocycles. The van der Waals surface area contributed by atoms with Gasteiger partial charge in [0.2, 0.25) is 5.91 Å². The number of alkyl halides is 3. The first-order chi connectivity index (χ1) is 14.5. The number of rotatable bonds is 9. The van der Waals surface area contributed by atoms with Gasteiger partial charge in [0.25, 0.3) is 0 Å². The maximum atomic E-state index is 13.8. The summed E-state index contributed by atoms with van der Waals surface area (Å²) in [7, 11) is 3.80. The number of thiophene rings is 1. The molecular weight excluding hydrogens is 425 g/mol. The van der Waals surface area contributed by atoms with E-state index in [0.717, 1.165) is 10.4 Å². The second kappa shape index (κ2) is 9.20. The summed E-state index contributed by atoms with van der Waals surface area (Å²) in [5.74, 6) is -1.03. The third kappa shape index (κ3) is 5.60. The zero-order chi connectivity index (χ0) is 22.8. The first-order valence-corrected chi connectivity index (χ1v) is 11.2. The molecule has 2 N–H and O–H groups in total. The van der Waals surface area contributed by atoms with Gasteiger partial charge in [-0.2, -0.15) is 13.2 Å². The summed E-state index contributed by atoms with van der Waals surface area (Å²) in [6.45, 7) is 2.20. The molecule has 31 heavy (non-hydrogen) atoms. The molecule has 1 aliphatic rings. The molecule has 0 radical (unpaired) electrons. The molecule has 1 aromatic carbocycles. The molecule has 2 aromatic rings. The molecule has 1 fully saturated rings. The van der Waals surface area contributed by atoms with Crippen LogP contribution in [0.1, 0.15) is 41.2 Å². The first-order valence-electron chi connectivity index (χ1n) is 10.3. The predicted octanol–water partition coefficient (Wildman–Crippen LogP) is 4.87. The van der Waals surface area contributed by atoms with Crippen LogP contribution in [0.25, 0.3) is 0 Å². The number of hydrogen-bond donors (Lipinski definition) is 2. The molecule has 0 unspecified atom stereocenters. The summed E-state index contributed by atoms with van der Waals surface area (Å²) in [4.78, 5) is 15.7. The Bertz CT molecular complexity index is 889. The van der Waals surface area contributed by atoms with E-state index in [1.165, 1.54) is 11.3 Å². The molecule has 2 atom stereocenters. The highest BCUT2D eigenvalue weighted by atomic mass is 32.1. The van der Waals surface area contributed by atoms with E-state index >= 15 is 0 Å². The van der Waals surface area contributed by atoms with Gasteiger partial charge in [0.1, 0.15) is 5.75 Å². The number of hydrogen-bond acceptors (Lipinski definition) is 4. The van der Waals surface area contributed by atoms with E-state index < -0.39 is 17.5 Å². The quantitative estimate of drug-likeness (QED) is 0.569. The monoisotopic (exact) mass is 454 g/mol. The lowest BCUT2D eigenvalue weighted by Crippen LogP contribution is -2.42. The van der Waals surface area contributed by atoms with Crippen LogP contribution in [0.15, 0.2) is 35.7 Å². The molecule has 0 saturated heterocycles. The number of aromatic hydroxyl groups is 1. The van der Waals surface area contributed by atoms with Gasteiger partial charge in [-0.1, -0.05) is 12.1 Å². The van der Waals surface area contributed by atoms with Crippen LogP contribution in [0, 0.1) is 12.3 Å². The topological polar surface area (TPSA) is 52.6 Å². The number of aryl methyl sites for hydroxylation is 1. The SMILES string of the molecule is Cc1cc([C@@H](CC(=O)NC[C@H](Cc2ccc(O)cc2)N(C)C)C2(C(F)(F)F)CC2)cs1. The highest BCUT2D eigenvalue weighted by Crippen LogP contribution is 2.66. The second-order valence-corrected chi connectivity index (χ2v) is 9.81. The molecule has 1 amide bonds. The number of halogens is 3. The van der Waals surface area contributed by atoms with E-state index in [-0.39, 0.29) is 37.0 Å². The van der Waals surface area contributed by atoms with Crippen molar-refractivity contribution in [3.63, 3.8) is 0 Å². The summed E-state index contributed by atoms with van der Waals surface area (Å²) in [6.07, 6.45) is -3.70. The van der Waals surface area contributed by atoms with Crippen LogP contribution in [-0.2, 0) is 11.2 Å². The fourth-order valence-electron chi connectivity index (χ4n) is 4.07. The lowest BCUT2D eigenvalue weighted by Gasteiger charge is -2.29. The van der Waals surface area contributed by atoms with Gasteiger partial charge in [-0.3, -0.25) is 4.79 Å². The summed E-state index contributed by atoms with van der Waals surface area (Å²) in [5.41, 5.74) is -0.169. The third-order valence-electron chi connectivity index (χ3n) is 6.24. The van der Waals surface area contributed by atoms with E-state index in [4.69, 9.17) is 0 Å². The van der Waals surface area contributed by atoms with Crippen LogP contribution >= 0.6 is 11.3 Å². The molecule has 170 valence electrons. The zero-order valence-corrected chi connectivity index (χ0v) is 18.8. The highest BCUT2D eigenvalue weighted by molar-refractivity contribution is 7.10. The maximum Gasteiger partial charge on any atom is 0.395 e. The van der Waals surface area contributed by atoms with Gasteiger partial charge < -0.3 is 15.3 Å². The summed E-state index contributed by atoms with van der Waals surface area (Å²) < 4.78 is 41.5. The van der Waals surface area contributed by atoms with E-state index in [0.29, 0.717) is 18.5 Å². The fraction of sp³-hybridized carbons (Fsp3) is 0.522. The van der Waals surface area contributed by atoms with Gasteiger partial charge in [-0.15, -0.1) is 11.3 Å². The van der Waals surface area contributed by atoms with Crippen LogP contribution < -0.4 is 5.32 Å². The normalized spacial score (nSPS) is 17.4. The Morgan fingerprint density at radius 1 is 1.26 bits per heavy atom. The first kappa shape index (κ1) is 23.6. The van der Waals surface area contributed by atoms with Gasteiger partial charge in [0.15, 0.2) is 0 Å². The average Bonchev–Trinajstić information content (AvgIpc) is 3.40. The van der Waals surface area contributed by atoms with Crippen LogP contribution in [0.3, 0.4) is 0 Å². The Balaban J connectivity index is 1.67. The standard InChI is InChI=1S/C23H29F3N2O2S/c1-15-10-17(14-31-15)20(22(8-9-22)23(24,25)26)12-21(30)27-13-18(28(2)3)11-16-4-6-19(29)7-5-16/h4-7,10,14,18,20,29H,8-9,11-13H2,1-3H3,(H,27,30)/t18-,20+/m0/s1. The van der Waals surface area contributed by atoms with Crippen LogP contribution in [0.5, 0.6) is 5.75 Å². The van der Waals surface area contributed by atoms with Crippen molar-refractivity contribution in [1.82, 2.24) is 10.2 Å². The van der Waals surface area contributed by atoms with E-state index in [9.17, 15) is 23.1 Å². The van der Waals surface area contributed by atoms with E-state index in [1.54, 1.807) is 23.6 Å². The molecule has 0 bridgehead atoms. The summed E-state index contributed by atoms with van der Waals surface area (Å²) in [5, 5.41) is 14.1. The van der Waals surface area contributed by atoms with Crippen molar-refractivity contribution < 1.29 is 23.1 Å². The Labute approximate surface area is 185 Å². The average molecular weight is 455 g/mol. The number of carbonyl (C=O) groups excluding carboxylic acids is 1. The minimum Gasteiger partial charge on any atom is -0.508 e. The number of phenolic OH excluding ortho intramolecular Hbond substituents is 1. The molecule has 1 aliphatic carbocycles. The van der Waals surface area contributed by atoms with Crippen molar-refractivity contribution >= 4 is 17.2 Å². The minimum absolute atomic E-state index is 0.0205. The predicted molar refractivity (Wildman–Crippen MR) is 116 cm³/mol. The number of phenols is 1. The van der Waals surface area contributed by atoms with Gasteiger partial charge in [0, 0.05) is 29.8 Å². The number of carbonyl (C=O) groups is 1. The Hall–Kier alpha value is -2.06. The fourth-order valence-corrected chi connectivity index (χ4v) is 4.83. The molecule has 1 saturated carbocycles. The Morgan fingerprint density at radius 2 is 1.90 bits per heavy atom. The Kier molecular flexibility index (Phi) is 7.01. The van der Waals surface area contributed by atoms with Crippen molar-refractivity contribution in [3.8, 4) is 5.75 Å². The minimum atomic E-state index is -4.32. The molecule has 1 heterocycles. The molecule has 1 aromatic heterocycles. The van der Waals surface area contributed by atoms with Crippen LogP contribution in [-0.4, -0.2) is 48.8 Å². The Morgan fingerprint density at radius 3 is 2.39 bits per heavy atom. The van der Waals surface area contributed by atoms with Crippen molar-refractivity contribution in [2.24, 2.45) is 5.41 Å². The van der Waals surface area contributed by atoms with Gasteiger partial charge in [-0.25, -0.2) is 0 Å². The molecule has 0 spiro atoms. The van der Waals surface area contributed by atoms with Crippen molar-refractivity contribution in [3.05, 3.63) is 51.7 Å². The van der Waals surface area contributed by atoms with Crippen LogP contribution in [0.4, 0.5) is 13.2 Å². The summed E-state index contributed by atoms with van der Waals surface area (Å²) >= 11 is 1.42. The molecule has 3 rings (SSSR count). The molecular formula is C23H29F3N2O2S. The third-order valence-corrected chi connectivity index (χ3v) is 7.12. The van der Waals surface area contributed by atoms with E-state index in [2.05, 4.69) is 5.32 Å². The number of amides is 1. The number of nitrogens with zero attached hydrogens (tertiary/aromatic N) is 1. The molecule has 4 nitrogen and oxygen atoms in total. The summed E-state index contributed by atoms with van der Waals surface area (Å²) in [6, 6.07) is 8.63. The molecule has 8 heteroatoms. The number of likely N-dealkylation sites (N-methyl/N-ethyl adjacent to an activating group) is 1. The van der Waals surface area contributed by atoms with Gasteiger partial charge in [-0.05, 0) is 75.0 Å². The number of benzene rings is 1. The van der Waals surface area contributed by atoms with E-state index in [1.807, 2.05) is 38.1 Å². The van der Waals surface area contributed by atoms with Crippen LogP contribution in [0.2, 0.25) is 0 Å². The second-order valence-electron chi connectivity index (χ2n) is 8.69.